The topological polar surface area (TPSA) is 116 Å². The molecule has 2 rings (SSSR count). The van der Waals surface area contributed by atoms with Crippen molar-refractivity contribution in [3.05, 3.63) is 36.4 Å². The highest BCUT2D eigenvalue weighted by Crippen LogP contribution is 2.37. The highest BCUT2D eigenvalue weighted by Gasteiger charge is 2.15. The van der Waals surface area contributed by atoms with Gasteiger partial charge in [0.15, 0.2) is 23.0 Å². The molecule has 0 aliphatic heterocycles. The lowest BCUT2D eigenvalue weighted by atomic mass is 10.3. The number of phenols is 4. The minimum Gasteiger partial charge on any atom is -0.504 e. The summed E-state index contributed by atoms with van der Waals surface area (Å²) in [7, 11) is 0. The molecule has 0 amide bonds. The summed E-state index contributed by atoms with van der Waals surface area (Å²) < 4.78 is 21.1. The molecule has 2 aromatic carbocycles. The molecule has 0 aliphatic rings. The Hall–Kier alpha value is -2.61. The molecule has 0 saturated heterocycles. The third-order valence-corrected chi connectivity index (χ3v) is 2.90. The molecule has 0 unspecified atom stereocenters. The maximum Gasteiger partial charge on any atom is 0.417 e. The van der Waals surface area contributed by atoms with E-state index in [1.54, 1.807) is 0 Å². The van der Waals surface area contributed by atoms with Crippen molar-refractivity contribution in [1.29, 1.82) is 0 Å². The van der Waals surface area contributed by atoms with Crippen LogP contribution < -0.4 is 8.37 Å². The van der Waals surface area contributed by atoms with Gasteiger partial charge in [0.05, 0.1) is 0 Å². The van der Waals surface area contributed by atoms with Gasteiger partial charge in [-0.3, -0.25) is 0 Å². The van der Waals surface area contributed by atoms with E-state index in [4.69, 9.17) is 8.37 Å². The van der Waals surface area contributed by atoms with E-state index >= 15 is 0 Å². The Balaban J connectivity index is 2.13. The molecule has 8 heteroatoms. The molecule has 0 radical (unpaired) electrons. The minimum atomic E-state index is -2.40. The molecule has 0 aliphatic carbocycles. The van der Waals surface area contributed by atoms with Gasteiger partial charge in [0.2, 0.25) is 11.5 Å². The summed E-state index contributed by atoms with van der Waals surface area (Å²) in [5, 5.41) is 37.4. The maximum absolute atomic E-state index is 11.6. The van der Waals surface area contributed by atoms with Gasteiger partial charge in [-0.05, 0) is 24.3 Å². The molecule has 20 heavy (non-hydrogen) atoms. The summed E-state index contributed by atoms with van der Waals surface area (Å²) in [6.45, 7) is 0. The van der Waals surface area contributed by atoms with Gasteiger partial charge < -0.3 is 28.8 Å². The zero-order valence-electron chi connectivity index (χ0n) is 9.89. The molecule has 0 spiro atoms. The zero-order valence-corrected chi connectivity index (χ0v) is 10.7. The fourth-order valence-corrected chi connectivity index (χ4v) is 1.92. The fourth-order valence-electron chi connectivity index (χ4n) is 1.32. The smallest absolute Gasteiger partial charge is 0.417 e. The number of hydrogen-bond acceptors (Lipinski definition) is 7. The lowest BCUT2D eigenvalue weighted by molar-refractivity contribution is 0.370. The highest BCUT2D eigenvalue weighted by molar-refractivity contribution is 7.76. The minimum absolute atomic E-state index is 0.261. The number of aromatic hydroxyl groups is 4. The molecule has 0 fully saturated rings. The molecule has 0 atom stereocenters. The van der Waals surface area contributed by atoms with Gasteiger partial charge in [-0.25, -0.2) is 0 Å². The summed E-state index contributed by atoms with van der Waals surface area (Å²) in [6.07, 6.45) is 0. The average Bonchev–Trinajstić information content (AvgIpc) is 2.40. The SMILES string of the molecule is O=S(Oc1cccc(O)c1O)Oc1cccc(O)c1O. The second kappa shape index (κ2) is 5.57. The van der Waals surface area contributed by atoms with Crippen LogP contribution in [0.1, 0.15) is 0 Å². The third-order valence-electron chi connectivity index (χ3n) is 2.27. The van der Waals surface area contributed by atoms with Crippen molar-refractivity contribution < 1.29 is 33.0 Å². The van der Waals surface area contributed by atoms with E-state index in [0.29, 0.717) is 0 Å². The van der Waals surface area contributed by atoms with Crippen LogP contribution in [0.15, 0.2) is 36.4 Å². The number of hydrogen-bond donors (Lipinski definition) is 4. The molecule has 106 valence electrons. The first-order chi connectivity index (χ1) is 9.49. The number of phenolic OH excluding ortho intramolecular Hbond substituents is 4. The molecular weight excluding hydrogens is 288 g/mol. The first kappa shape index (κ1) is 13.8. The van der Waals surface area contributed by atoms with E-state index in [2.05, 4.69) is 0 Å². The third kappa shape index (κ3) is 2.86. The van der Waals surface area contributed by atoms with E-state index in [9.17, 15) is 24.6 Å². The van der Waals surface area contributed by atoms with Gasteiger partial charge in [0, 0.05) is 0 Å². The Morgan fingerprint density at radius 1 is 0.750 bits per heavy atom. The van der Waals surface area contributed by atoms with Crippen LogP contribution in [-0.4, -0.2) is 24.6 Å². The first-order valence-electron chi connectivity index (χ1n) is 5.29. The van der Waals surface area contributed by atoms with Crippen molar-refractivity contribution in [2.75, 3.05) is 0 Å². The molecule has 0 heterocycles. The van der Waals surface area contributed by atoms with Crippen LogP contribution in [0, 0.1) is 0 Å². The lowest BCUT2D eigenvalue weighted by Gasteiger charge is -2.09. The van der Waals surface area contributed by atoms with Crippen LogP contribution in [0.25, 0.3) is 0 Å². The second-order valence-electron chi connectivity index (χ2n) is 3.62. The molecule has 4 N–H and O–H groups in total. The number of para-hydroxylation sites is 2. The standard InChI is InChI=1S/C12H10O7S/c13-7-3-1-5-9(11(7)15)18-20(17)19-10-6-2-4-8(14)12(10)16/h1-6,13-16H. The molecular formula is C12H10O7S. The lowest BCUT2D eigenvalue weighted by Crippen LogP contribution is -2.08. The van der Waals surface area contributed by atoms with E-state index < -0.39 is 34.4 Å². The summed E-state index contributed by atoms with van der Waals surface area (Å²) in [4.78, 5) is 0. The van der Waals surface area contributed by atoms with Crippen molar-refractivity contribution >= 4 is 11.4 Å². The van der Waals surface area contributed by atoms with Crippen molar-refractivity contribution in [2.24, 2.45) is 0 Å². The van der Waals surface area contributed by atoms with E-state index in [-0.39, 0.29) is 11.5 Å². The summed E-state index contributed by atoms with van der Waals surface area (Å²) in [5.41, 5.74) is 0. The normalized spacial score (nSPS) is 10.4. The van der Waals surface area contributed by atoms with E-state index in [1.807, 2.05) is 0 Å². The summed E-state index contributed by atoms with van der Waals surface area (Å²) in [5.74, 6) is -2.60. The van der Waals surface area contributed by atoms with Crippen molar-refractivity contribution in [2.45, 2.75) is 0 Å². The monoisotopic (exact) mass is 298 g/mol. The van der Waals surface area contributed by atoms with Crippen molar-refractivity contribution in [3.63, 3.8) is 0 Å². The Kier molecular flexibility index (Phi) is 3.85. The van der Waals surface area contributed by atoms with Gasteiger partial charge in [-0.1, -0.05) is 12.1 Å². The van der Waals surface area contributed by atoms with Crippen LogP contribution in [0.4, 0.5) is 0 Å². The largest absolute Gasteiger partial charge is 0.504 e. The van der Waals surface area contributed by atoms with Gasteiger partial charge in [-0.2, -0.15) is 4.21 Å². The maximum atomic E-state index is 11.6. The second-order valence-corrected chi connectivity index (χ2v) is 4.36. The van der Waals surface area contributed by atoms with Crippen LogP contribution in [0.2, 0.25) is 0 Å². The first-order valence-corrected chi connectivity index (χ1v) is 6.29. The Labute approximate surface area is 116 Å². The van der Waals surface area contributed by atoms with Gasteiger partial charge in [0.1, 0.15) is 0 Å². The van der Waals surface area contributed by atoms with Gasteiger partial charge in [-0.15, -0.1) is 0 Å². The van der Waals surface area contributed by atoms with Gasteiger partial charge >= 0.3 is 11.4 Å². The Morgan fingerprint density at radius 2 is 1.15 bits per heavy atom. The highest BCUT2D eigenvalue weighted by atomic mass is 32.2. The Bertz CT molecular complexity index is 601. The quantitative estimate of drug-likeness (QED) is 0.633. The molecule has 0 aromatic heterocycles. The fraction of sp³-hybridized carbons (Fsp3) is 0. The van der Waals surface area contributed by atoms with Crippen LogP contribution in [0.3, 0.4) is 0 Å². The number of rotatable bonds is 4. The van der Waals surface area contributed by atoms with Crippen molar-refractivity contribution in [3.8, 4) is 34.5 Å². The predicted molar refractivity (Wildman–Crippen MR) is 68.9 cm³/mol. The van der Waals surface area contributed by atoms with Crippen LogP contribution in [0.5, 0.6) is 34.5 Å². The van der Waals surface area contributed by atoms with E-state index in [1.165, 1.54) is 36.4 Å². The molecule has 0 bridgehead atoms. The summed E-state index contributed by atoms with van der Waals surface area (Å²) >= 11 is -2.40. The van der Waals surface area contributed by atoms with Gasteiger partial charge in [0.25, 0.3) is 0 Å². The van der Waals surface area contributed by atoms with Crippen LogP contribution >= 0.6 is 0 Å². The zero-order chi connectivity index (χ0) is 14.7. The summed E-state index contributed by atoms with van der Waals surface area (Å²) in [6, 6.07) is 7.69. The molecule has 7 nitrogen and oxygen atoms in total. The van der Waals surface area contributed by atoms with Crippen LogP contribution in [-0.2, 0) is 11.4 Å². The predicted octanol–water partition coefficient (Wildman–Crippen LogP) is 1.55. The van der Waals surface area contributed by atoms with Crippen molar-refractivity contribution in [1.82, 2.24) is 0 Å². The average molecular weight is 298 g/mol. The molecule has 2 aromatic rings. The Morgan fingerprint density at radius 3 is 1.55 bits per heavy atom. The molecule has 0 saturated carbocycles. The van der Waals surface area contributed by atoms with E-state index in [0.717, 1.165) is 0 Å². The number of benzene rings is 2.